The molecule has 0 fully saturated rings. The van der Waals surface area contributed by atoms with E-state index in [1.807, 2.05) is 6.07 Å². The van der Waals surface area contributed by atoms with Gasteiger partial charge in [-0.2, -0.15) is 0 Å². The molecule has 4 aromatic rings. The molecule has 4 aromatic carbocycles. The van der Waals surface area contributed by atoms with E-state index < -0.39 is 17.9 Å². The third kappa shape index (κ3) is 10.6. The van der Waals surface area contributed by atoms with Crippen molar-refractivity contribution in [2.45, 2.75) is 58.4 Å². The molecule has 0 aromatic heterocycles. The zero-order valence-electron chi connectivity index (χ0n) is 27.6. The van der Waals surface area contributed by atoms with Crippen LogP contribution in [0.2, 0.25) is 0 Å². The van der Waals surface area contributed by atoms with Gasteiger partial charge in [-0.25, -0.2) is 4.79 Å². The summed E-state index contributed by atoms with van der Waals surface area (Å²) in [5.74, 6) is -0.344. The lowest BCUT2D eigenvalue weighted by Gasteiger charge is -2.18. The first-order chi connectivity index (χ1) is 23.3. The van der Waals surface area contributed by atoms with Crippen LogP contribution < -0.4 is 24.8 Å². The summed E-state index contributed by atoms with van der Waals surface area (Å²) in [4.78, 5) is 51.1. The van der Waals surface area contributed by atoms with Crippen LogP contribution in [0.3, 0.4) is 0 Å². The Morgan fingerprint density at radius 2 is 1.44 bits per heavy atom. The Balaban J connectivity index is 1.34. The summed E-state index contributed by atoms with van der Waals surface area (Å²) in [6.07, 6.45) is 5.94. The van der Waals surface area contributed by atoms with Crippen molar-refractivity contribution in [1.29, 1.82) is 0 Å². The maximum Gasteiger partial charge on any atom is 0.343 e. The van der Waals surface area contributed by atoms with E-state index in [1.54, 1.807) is 91.0 Å². The molecule has 1 atom stereocenters. The lowest BCUT2D eigenvalue weighted by Crippen LogP contribution is -2.41. The normalized spacial score (nSPS) is 11.2. The monoisotopic (exact) mass is 650 g/mol. The number of ketones is 1. The number of benzene rings is 4. The van der Waals surface area contributed by atoms with Crippen LogP contribution in [0.15, 0.2) is 97.1 Å². The van der Waals surface area contributed by atoms with E-state index in [-0.39, 0.29) is 29.4 Å². The number of ether oxygens (including phenoxy) is 3. The molecule has 4 rings (SSSR count). The van der Waals surface area contributed by atoms with Crippen LogP contribution >= 0.6 is 0 Å². The minimum atomic E-state index is -0.838. The second-order valence-electron chi connectivity index (χ2n) is 11.4. The minimum absolute atomic E-state index is 0.177. The summed E-state index contributed by atoms with van der Waals surface area (Å²) in [6.45, 7) is 4.22. The standard InChI is InChI=1S/C39H42N2O7/c1-4-5-6-7-11-23-47-33-20-18-30(19-21-33)39(45)48-35-22-17-28(25-36(35)46-3)24-34(27(2)42)41-38(44)31-15-12-16-32(26-31)40-37(43)29-13-9-8-10-14-29/h8-10,12-22,25-26,34H,4-7,11,23-24H2,1-3H3,(H,40,43)(H,41,44). The number of nitrogens with one attached hydrogen (secondary N) is 2. The number of Topliss-reactive ketones (excluding diaryl/α,β-unsaturated/α-hetero) is 1. The molecule has 0 spiro atoms. The van der Waals surface area contributed by atoms with Crippen LogP contribution in [-0.4, -0.2) is 43.3 Å². The Labute approximate surface area is 281 Å². The van der Waals surface area contributed by atoms with E-state index in [2.05, 4.69) is 17.6 Å². The van der Waals surface area contributed by atoms with E-state index in [0.29, 0.717) is 40.5 Å². The number of hydrogen-bond acceptors (Lipinski definition) is 7. The number of carbonyl (C=O) groups excluding carboxylic acids is 4. The van der Waals surface area contributed by atoms with Crippen molar-refractivity contribution >= 4 is 29.3 Å². The van der Waals surface area contributed by atoms with Gasteiger partial charge in [0, 0.05) is 16.8 Å². The molecule has 0 bridgehead atoms. The van der Waals surface area contributed by atoms with Gasteiger partial charge in [0.15, 0.2) is 17.3 Å². The molecule has 0 aliphatic rings. The molecule has 0 saturated carbocycles. The van der Waals surface area contributed by atoms with E-state index in [1.165, 1.54) is 33.3 Å². The van der Waals surface area contributed by atoms with Gasteiger partial charge in [0.05, 0.1) is 25.3 Å². The fourth-order valence-electron chi connectivity index (χ4n) is 4.97. The quantitative estimate of drug-likeness (QED) is 0.0692. The number of rotatable bonds is 17. The predicted molar refractivity (Wildman–Crippen MR) is 185 cm³/mol. The smallest absolute Gasteiger partial charge is 0.343 e. The van der Waals surface area contributed by atoms with Gasteiger partial charge in [0.1, 0.15) is 5.75 Å². The van der Waals surface area contributed by atoms with Gasteiger partial charge in [-0.15, -0.1) is 0 Å². The Bertz CT molecular complexity index is 1690. The highest BCUT2D eigenvalue weighted by Gasteiger charge is 2.21. The molecule has 9 heteroatoms. The molecule has 0 aliphatic heterocycles. The summed E-state index contributed by atoms with van der Waals surface area (Å²) < 4.78 is 16.9. The maximum absolute atomic E-state index is 13.1. The molecular formula is C39H42N2O7. The summed E-state index contributed by atoms with van der Waals surface area (Å²) in [6, 6.07) is 26.2. The van der Waals surface area contributed by atoms with E-state index in [0.717, 1.165) is 12.8 Å². The zero-order valence-corrected chi connectivity index (χ0v) is 27.6. The van der Waals surface area contributed by atoms with Gasteiger partial charge >= 0.3 is 5.97 Å². The highest BCUT2D eigenvalue weighted by atomic mass is 16.6. The van der Waals surface area contributed by atoms with Crippen molar-refractivity contribution in [3.63, 3.8) is 0 Å². The van der Waals surface area contributed by atoms with Crippen LogP contribution in [0.5, 0.6) is 17.2 Å². The Kier molecular flexibility index (Phi) is 13.3. The van der Waals surface area contributed by atoms with Crippen LogP contribution in [-0.2, 0) is 11.2 Å². The Morgan fingerprint density at radius 1 is 0.708 bits per heavy atom. The van der Waals surface area contributed by atoms with Crippen LogP contribution in [0, 0.1) is 0 Å². The van der Waals surface area contributed by atoms with Crippen molar-refractivity contribution < 1.29 is 33.4 Å². The fraction of sp³-hybridized carbons (Fsp3) is 0.282. The summed E-state index contributed by atoms with van der Waals surface area (Å²) in [5, 5.41) is 5.58. The first kappa shape index (κ1) is 35.4. The number of amides is 2. The fourth-order valence-corrected chi connectivity index (χ4v) is 4.97. The van der Waals surface area contributed by atoms with Crippen molar-refractivity contribution in [1.82, 2.24) is 5.32 Å². The Morgan fingerprint density at radius 3 is 2.15 bits per heavy atom. The van der Waals surface area contributed by atoms with Crippen LogP contribution in [0.25, 0.3) is 0 Å². The number of esters is 1. The summed E-state index contributed by atoms with van der Waals surface area (Å²) in [7, 11) is 1.46. The van der Waals surface area contributed by atoms with Crippen molar-refractivity contribution in [3.05, 3.63) is 119 Å². The molecule has 0 aliphatic carbocycles. The SMILES string of the molecule is CCCCCCCOc1ccc(C(=O)Oc2ccc(CC(NC(=O)c3cccc(NC(=O)c4ccccc4)c3)C(C)=O)cc2OC)cc1. The second-order valence-corrected chi connectivity index (χ2v) is 11.4. The van der Waals surface area contributed by atoms with Gasteiger partial charge in [-0.1, -0.05) is 62.9 Å². The lowest BCUT2D eigenvalue weighted by molar-refractivity contribution is -0.118. The summed E-state index contributed by atoms with van der Waals surface area (Å²) in [5.41, 5.74) is 2.27. The third-order valence-electron chi connectivity index (χ3n) is 7.69. The average molecular weight is 651 g/mol. The first-order valence-electron chi connectivity index (χ1n) is 16.2. The highest BCUT2D eigenvalue weighted by molar-refractivity contribution is 6.05. The van der Waals surface area contributed by atoms with Crippen LogP contribution in [0.1, 0.15) is 82.6 Å². The molecule has 48 heavy (non-hydrogen) atoms. The molecule has 9 nitrogen and oxygen atoms in total. The number of carbonyl (C=O) groups is 4. The molecule has 1 unspecified atom stereocenters. The van der Waals surface area contributed by atoms with E-state index >= 15 is 0 Å². The van der Waals surface area contributed by atoms with Gasteiger partial charge in [-0.05, 0) is 92.1 Å². The van der Waals surface area contributed by atoms with Gasteiger partial charge in [-0.3, -0.25) is 14.4 Å². The topological polar surface area (TPSA) is 120 Å². The molecule has 250 valence electrons. The largest absolute Gasteiger partial charge is 0.494 e. The molecule has 2 amide bonds. The average Bonchev–Trinajstić information content (AvgIpc) is 3.10. The predicted octanol–water partition coefficient (Wildman–Crippen LogP) is 7.45. The van der Waals surface area contributed by atoms with Crippen molar-refractivity contribution in [2.75, 3.05) is 19.0 Å². The highest BCUT2D eigenvalue weighted by Crippen LogP contribution is 2.30. The Hall–Kier alpha value is -5.44. The minimum Gasteiger partial charge on any atom is -0.494 e. The van der Waals surface area contributed by atoms with Gasteiger partial charge < -0.3 is 24.8 Å². The van der Waals surface area contributed by atoms with Crippen LogP contribution in [0.4, 0.5) is 5.69 Å². The van der Waals surface area contributed by atoms with Crippen molar-refractivity contribution in [2.24, 2.45) is 0 Å². The van der Waals surface area contributed by atoms with Crippen molar-refractivity contribution in [3.8, 4) is 17.2 Å². The molecule has 2 N–H and O–H groups in total. The molecule has 0 radical (unpaired) electrons. The lowest BCUT2D eigenvalue weighted by atomic mass is 10.0. The zero-order chi connectivity index (χ0) is 34.3. The maximum atomic E-state index is 13.1. The second kappa shape index (κ2) is 18.0. The molecule has 0 saturated heterocycles. The number of methoxy groups -OCH3 is 1. The van der Waals surface area contributed by atoms with Gasteiger partial charge in [0.25, 0.3) is 11.8 Å². The molecular weight excluding hydrogens is 608 g/mol. The van der Waals surface area contributed by atoms with E-state index in [4.69, 9.17) is 14.2 Å². The van der Waals surface area contributed by atoms with E-state index in [9.17, 15) is 19.2 Å². The number of anilines is 1. The first-order valence-corrected chi connectivity index (χ1v) is 16.2. The third-order valence-corrected chi connectivity index (χ3v) is 7.69. The summed E-state index contributed by atoms with van der Waals surface area (Å²) >= 11 is 0. The molecule has 0 heterocycles. The number of unbranched alkanes of at least 4 members (excludes halogenated alkanes) is 4. The van der Waals surface area contributed by atoms with Gasteiger partial charge in [0.2, 0.25) is 0 Å². The number of hydrogen-bond donors (Lipinski definition) is 2.